The number of hydrogen-bond donors (Lipinski definition) is 2. The number of ketones is 3. The van der Waals surface area contributed by atoms with Crippen LogP contribution in [-0.4, -0.2) is 35.7 Å². The maximum Gasteiger partial charge on any atom is 0.235 e. The normalized spacial score (nSPS) is 10.8. The van der Waals surface area contributed by atoms with Crippen molar-refractivity contribution in [1.29, 1.82) is 0 Å². The molecule has 2 rings (SSSR count). The SMILES string of the molecule is CC(=O)C(C(N)=O)C(=O)c1ccccc1.CC(=O)CC(=O)NCCCc1ccccc1. The first kappa shape index (κ1) is 25.4. The Hall–Kier alpha value is -3.61. The van der Waals surface area contributed by atoms with E-state index >= 15 is 0 Å². The molecule has 31 heavy (non-hydrogen) atoms. The van der Waals surface area contributed by atoms with Gasteiger partial charge in [-0.3, -0.25) is 24.0 Å². The third-order valence-corrected chi connectivity index (χ3v) is 4.23. The fourth-order valence-electron chi connectivity index (χ4n) is 2.74. The second-order valence-corrected chi connectivity index (χ2v) is 6.99. The van der Waals surface area contributed by atoms with Gasteiger partial charge in [-0.25, -0.2) is 0 Å². The van der Waals surface area contributed by atoms with Gasteiger partial charge in [0.2, 0.25) is 11.8 Å². The fraction of sp³-hybridized carbons (Fsp3) is 0.292. The summed E-state index contributed by atoms with van der Waals surface area (Å²) in [6, 6.07) is 18.3. The fourth-order valence-corrected chi connectivity index (χ4v) is 2.74. The molecule has 2 aromatic carbocycles. The molecular formula is C24H28N2O5. The van der Waals surface area contributed by atoms with Gasteiger partial charge in [-0.15, -0.1) is 0 Å². The molecule has 0 aliphatic carbocycles. The number of amides is 2. The van der Waals surface area contributed by atoms with Crippen LogP contribution >= 0.6 is 0 Å². The summed E-state index contributed by atoms with van der Waals surface area (Å²) in [5.74, 6) is -3.63. The molecule has 164 valence electrons. The topological polar surface area (TPSA) is 123 Å². The molecule has 0 aliphatic rings. The number of rotatable bonds is 10. The molecule has 0 aliphatic heterocycles. The molecule has 0 aromatic heterocycles. The van der Waals surface area contributed by atoms with Crippen molar-refractivity contribution in [2.75, 3.05) is 6.54 Å². The van der Waals surface area contributed by atoms with Gasteiger partial charge < -0.3 is 11.1 Å². The van der Waals surface area contributed by atoms with Crippen molar-refractivity contribution in [2.24, 2.45) is 11.7 Å². The second kappa shape index (κ2) is 13.6. The van der Waals surface area contributed by atoms with Gasteiger partial charge in [-0.05, 0) is 32.3 Å². The number of primary amides is 1. The maximum absolute atomic E-state index is 11.7. The predicted octanol–water partition coefficient (Wildman–Crippen LogP) is 2.27. The van der Waals surface area contributed by atoms with Crippen molar-refractivity contribution in [3.8, 4) is 0 Å². The minimum Gasteiger partial charge on any atom is -0.369 e. The molecule has 3 N–H and O–H groups in total. The Balaban J connectivity index is 0.000000311. The second-order valence-electron chi connectivity index (χ2n) is 6.99. The number of carbonyl (C=O) groups excluding carboxylic acids is 5. The van der Waals surface area contributed by atoms with Crippen LogP contribution in [0.15, 0.2) is 60.7 Å². The molecule has 0 heterocycles. The van der Waals surface area contributed by atoms with E-state index in [1.807, 2.05) is 18.2 Å². The molecule has 1 unspecified atom stereocenters. The molecule has 1 atom stereocenters. The summed E-state index contributed by atoms with van der Waals surface area (Å²) in [5, 5.41) is 2.72. The summed E-state index contributed by atoms with van der Waals surface area (Å²) >= 11 is 0. The van der Waals surface area contributed by atoms with Gasteiger partial charge in [0.25, 0.3) is 0 Å². The largest absolute Gasteiger partial charge is 0.369 e. The lowest BCUT2D eigenvalue weighted by atomic mass is 9.94. The quantitative estimate of drug-likeness (QED) is 0.344. The van der Waals surface area contributed by atoms with Crippen molar-refractivity contribution >= 4 is 29.2 Å². The molecule has 7 nitrogen and oxygen atoms in total. The summed E-state index contributed by atoms with van der Waals surface area (Å²) in [6.45, 7) is 3.22. The predicted molar refractivity (Wildman–Crippen MR) is 117 cm³/mol. The van der Waals surface area contributed by atoms with E-state index in [1.165, 1.54) is 19.4 Å². The average molecular weight is 424 g/mol. The monoisotopic (exact) mass is 424 g/mol. The van der Waals surface area contributed by atoms with E-state index in [1.54, 1.807) is 30.3 Å². The number of hydrogen-bond acceptors (Lipinski definition) is 5. The lowest BCUT2D eigenvalue weighted by Gasteiger charge is -2.07. The Labute approximate surface area is 182 Å². The highest BCUT2D eigenvalue weighted by molar-refractivity contribution is 6.22. The number of carbonyl (C=O) groups is 5. The first-order valence-corrected chi connectivity index (χ1v) is 9.91. The number of Topliss-reactive ketones (excluding diaryl/α,β-unsaturated/α-hetero) is 3. The average Bonchev–Trinajstić information content (AvgIpc) is 2.72. The van der Waals surface area contributed by atoms with Crippen LogP contribution in [0.4, 0.5) is 0 Å². The van der Waals surface area contributed by atoms with Gasteiger partial charge in [-0.1, -0.05) is 60.7 Å². The highest BCUT2D eigenvalue weighted by Gasteiger charge is 2.29. The van der Waals surface area contributed by atoms with Gasteiger partial charge in [0, 0.05) is 12.1 Å². The van der Waals surface area contributed by atoms with Crippen molar-refractivity contribution in [3.05, 3.63) is 71.8 Å². The van der Waals surface area contributed by atoms with Crippen LogP contribution in [0.25, 0.3) is 0 Å². The Bertz CT molecular complexity index is 881. The van der Waals surface area contributed by atoms with Gasteiger partial charge in [0.1, 0.15) is 11.6 Å². The van der Waals surface area contributed by atoms with Crippen LogP contribution in [0, 0.1) is 5.92 Å². The van der Waals surface area contributed by atoms with Crippen molar-refractivity contribution in [2.45, 2.75) is 33.1 Å². The van der Waals surface area contributed by atoms with E-state index < -0.39 is 23.4 Å². The number of nitrogens with one attached hydrogen (secondary N) is 1. The highest BCUT2D eigenvalue weighted by Crippen LogP contribution is 2.09. The molecule has 0 fully saturated rings. The molecule has 2 amide bonds. The van der Waals surface area contributed by atoms with Crippen molar-refractivity contribution < 1.29 is 24.0 Å². The minimum atomic E-state index is -1.37. The maximum atomic E-state index is 11.7. The molecule has 2 aromatic rings. The van der Waals surface area contributed by atoms with Gasteiger partial charge in [-0.2, -0.15) is 0 Å². The molecular weight excluding hydrogens is 396 g/mol. The molecule has 0 radical (unpaired) electrons. The Kier molecular flexibility index (Phi) is 11.1. The van der Waals surface area contributed by atoms with Crippen LogP contribution < -0.4 is 11.1 Å². The van der Waals surface area contributed by atoms with E-state index in [4.69, 9.17) is 5.73 Å². The first-order valence-electron chi connectivity index (χ1n) is 9.91. The van der Waals surface area contributed by atoms with E-state index in [2.05, 4.69) is 17.4 Å². The molecule has 7 heteroatoms. The first-order chi connectivity index (χ1) is 14.7. The molecule has 0 spiro atoms. The standard InChI is InChI=1S/C13H17NO2.C11H11NO3/c1-11(15)10-13(16)14-9-5-8-12-6-3-2-4-7-12;1-7(13)9(11(12)15)10(14)8-5-3-2-4-6-8/h2-4,6-7H,5,8-10H2,1H3,(H,14,16);2-6,9H,1H3,(H2,12,15). The van der Waals surface area contributed by atoms with Crippen LogP contribution in [0.1, 0.15) is 42.6 Å². The Morgan fingerprint density at radius 1 is 0.871 bits per heavy atom. The summed E-state index contributed by atoms with van der Waals surface area (Å²) in [5.41, 5.74) is 6.58. The summed E-state index contributed by atoms with van der Waals surface area (Å²) in [7, 11) is 0. The molecule has 0 bridgehead atoms. The van der Waals surface area contributed by atoms with Gasteiger partial charge >= 0.3 is 0 Å². The van der Waals surface area contributed by atoms with Crippen molar-refractivity contribution in [1.82, 2.24) is 5.32 Å². The summed E-state index contributed by atoms with van der Waals surface area (Å²) in [6.07, 6.45) is 1.83. The number of aryl methyl sites for hydroxylation is 1. The third-order valence-electron chi connectivity index (χ3n) is 4.23. The third kappa shape index (κ3) is 10.1. The minimum absolute atomic E-state index is 0.00859. The Morgan fingerprint density at radius 3 is 1.90 bits per heavy atom. The summed E-state index contributed by atoms with van der Waals surface area (Å²) < 4.78 is 0. The zero-order valence-corrected chi connectivity index (χ0v) is 17.8. The Morgan fingerprint density at radius 2 is 1.42 bits per heavy atom. The zero-order chi connectivity index (χ0) is 23.2. The highest BCUT2D eigenvalue weighted by atomic mass is 16.2. The number of nitrogens with two attached hydrogens (primary N) is 1. The lowest BCUT2D eigenvalue weighted by Crippen LogP contribution is -2.35. The zero-order valence-electron chi connectivity index (χ0n) is 17.8. The number of benzene rings is 2. The van der Waals surface area contributed by atoms with Crippen LogP contribution in [0.3, 0.4) is 0 Å². The lowest BCUT2D eigenvalue weighted by molar-refractivity contribution is -0.129. The van der Waals surface area contributed by atoms with Crippen molar-refractivity contribution in [3.63, 3.8) is 0 Å². The van der Waals surface area contributed by atoms with E-state index in [0.29, 0.717) is 12.1 Å². The molecule has 0 saturated carbocycles. The van der Waals surface area contributed by atoms with Crippen LogP contribution in [0.2, 0.25) is 0 Å². The van der Waals surface area contributed by atoms with E-state index in [-0.39, 0.29) is 18.1 Å². The van der Waals surface area contributed by atoms with Crippen LogP contribution in [0.5, 0.6) is 0 Å². The van der Waals surface area contributed by atoms with Gasteiger partial charge in [0.05, 0.1) is 6.42 Å². The van der Waals surface area contributed by atoms with Gasteiger partial charge in [0.15, 0.2) is 11.7 Å². The van der Waals surface area contributed by atoms with E-state index in [0.717, 1.165) is 12.8 Å². The summed E-state index contributed by atoms with van der Waals surface area (Å²) in [4.78, 5) is 55.5. The van der Waals surface area contributed by atoms with Crippen LogP contribution in [-0.2, 0) is 25.6 Å². The van der Waals surface area contributed by atoms with E-state index in [9.17, 15) is 24.0 Å². The molecule has 0 saturated heterocycles. The smallest absolute Gasteiger partial charge is 0.235 e.